The second-order valence-electron chi connectivity index (χ2n) is 7.96. The first-order valence-electron chi connectivity index (χ1n) is 9.81. The van der Waals surface area contributed by atoms with Crippen LogP contribution in [-0.4, -0.2) is 42.8 Å². The molecule has 0 saturated heterocycles. The van der Waals surface area contributed by atoms with Gasteiger partial charge in [-0.2, -0.15) is 0 Å². The molecule has 2 amide bonds. The highest BCUT2D eigenvalue weighted by atomic mass is 16.6. The fourth-order valence-corrected chi connectivity index (χ4v) is 3.00. The standard InChI is InChI=1S/C20H29N5O5/c1-20(2,3)30-19(29)23-14-12-15(16(21)26)25(13-14)10-7-5-4-6-9-24-11-8-22-17(24)18(27)28/h8,11-13H,4-7,9-10H2,1-3H3,(H2,21,26)(H,23,29)(H,27,28). The second kappa shape index (κ2) is 9.95. The summed E-state index contributed by atoms with van der Waals surface area (Å²) >= 11 is 0. The normalized spacial score (nSPS) is 11.3. The molecule has 164 valence electrons. The van der Waals surface area contributed by atoms with Gasteiger partial charge in [0.1, 0.15) is 11.3 Å². The van der Waals surface area contributed by atoms with Crippen molar-refractivity contribution in [2.75, 3.05) is 5.32 Å². The number of aromatic carboxylic acids is 1. The number of rotatable bonds is 10. The molecule has 0 unspecified atom stereocenters. The van der Waals surface area contributed by atoms with Gasteiger partial charge in [-0.15, -0.1) is 0 Å². The lowest BCUT2D eigenvalue weighted by atomic mass is 10.2. The molecule has 10 nitrogen and oxygen atoms in total. The van der Waals surface area contributed by atoms with Crippen molar-refractivity contribution in [3.8, 4) is 0 Å². The van der Waals surface area contributed by atoms with Crippen LogP contribution in [0.15, 0.2) is 24.7 Å². The minimum atomic E-state index is -1.04. The van der Waals surface area contributed by atoms with E-state index in [-0.39, 0.29) is 5.82 Å². The first-order chi connectivity index (χ1) is 14.1. The predicted molar refractivity (Wildman–Crippen MR) is 110 cm³/mol. The summed E-state index contributed by atoms with van der Waals surface area (Å²) < 4.78 is 8.55. The molecule has 2 aromatic rings. The Bertz CT molecular complexity index is 894. The minimum Gasteiger partial charge on any atom is -0.475 e. The van der Waals surface area contributed by atoms with Crippen molar-refractivity contribution in [1.82, 2.24) is 14.1 Å². The molecule has 0 atom stereocenters. The molecule has 2 rings (SSSR count). The number of aromatic nitrogens is 3. The number of primary amides is 1. The van der Waals surface area contributed by atoms with Crippen molar-refractivity contribution >= 4 is 23.7 Å². The van der Waals surface area contributed by atoms with Crippen LogP contribution in [0.3, 0.4) is 0 Å². The molecule has 0 saturated carbocycles. The topological polar surface area (TPSA) is 141 Å². The van der Waals surface area contributed by atoms with Gasteiger partial charge in [0.2, 0.25) is 5.82 Å². The van der Waals surface area contributed by atoms with E-state index in [1.807, 2.05) is 0 Å². The Kier molecular flexibility index (Phi) is 7.62. The molecule has 30 heavy (non-hydrogen) atoms. The largest absolute Gasteiger partial charge is 0.475 e. The fraction of sp³-hybridized carbons (Fsp3) is 0.500. The third kappa shape index (κ3) is 6.94. The number of anilines is 1. The number of hydrogen-bond acceptors (Lipinski definition) is 5. The van der Waals surface area contributed by atoms with Gasteiger partial charge >= 0.3 is 12.1 Å². The highest BCUT2D eigenvalue weighted by molar-refractivity contribution is 5.94. The molecule has 0 aliphatic rings. The Morgan fingerprint density at radius 2 is 1.77 bits per heavy atom. The number of carbonyl (C=O) groups is 3. The van der Waals surface area contributed by atoms with Crippen LogP contribution in [-0.2, 0) is 17.8 Å². The van der Waals surface area contributed by atoms with Crippen LogP contribution in [0.25, 0.3) is 0 Å². The Labute approximate surface area is 175 Å². The molecular formula is C20H29N5O5. The highest BCUT2D eigenvalue weighted by Gasteiger charge is 2.18. The molecule has 0 aliphatic heterocycles. The van der Waals surface area contributed by atoms with E-state index in [2.05, 4.69) is 10.3 Å². The smallest absolute Gasteiger partial charge is 0.412 e. The van der Waals surface area contributed by atoms with E-state index in [9.17, 15) is 14.4 Å². The average Bonchev–Trinajstić information content (AvgIpc) is 3.23. The molecule has 2 heterocycles. The number of aryl methyl sites for hydroxylation is 2. The summed E-state index contributed by atoms with van der Waals surface area (Å²) in [5.41, 5.74) is 5.58. The highest BCUT2D eigenvalue weighted by Crippen LogP contribution is 2.17. The zero-order valence-corrected chi connectivity index (χ0v) is 17.6. The van der Waals surface area contributed by atoms with E-state index in [0.717, 1.165) is 25.7 Å². The minimum absolute atomic E-state index is 0.0402. The molecule has 0 aromatic carbocycles. The lowest BCUT2D eigenvalue weighted by molar-refractivity contribution is 0.0633. The first kappa shape index (κ1) is 23.0. The Morgan fingerprint density at radius 3 is 2.33 bits per heavy atom. The summed E-state index contributed by atoms with van der Waals surface area (Å²) in [4.78, 5) is 38.5. The van der Waals surface area contributed by atoms with Crippen LogP contribution >= 0.6 is 0 Å². The van der Waals surface area contributed by atoms with Crippen molar-refractivity contribution < 1.29 is 24.2 Å². The molecule has 0 radical (unpaired) electrons. The van der Waals surface area contributed by atoms with Gasteiger partial charge in [-0.05, 0) is 39.7 Å². The summed E-state index contributed by atoms with van der Waals surface area (Å²) in [6.07, 6.45) is 7.60. The van der Waals surface area contributed by atoms with Crippen LogP contribution in [0, 0.1) is 0 Å². The maximum absolute atomic E-state index is 11.9. The van der Waals surface area contributed by atoms with Gasteiger partial charge in [0.05, 0.1) is 5.69 Å². The van der Waals surface area contributed by atoms with Gasteiger partial charge in [-0.1, -0.05) is 12.8 Å². The summed E-state index contributed by atoms with van der Waals surface area (Å²) in [5.74, 6) is -1.57. The zero-order valence-electron chi connectivity index (χ0n) is 17.6. The van der Waals surface area contributed by atoms with Crippen LogP contribution < -0.4 is 11.1 Å². The summed E-state index contributed by atoms with van der Waals surface area (Å²) in [6.45, 7) is 6.45. The fourth-order valence-electron chi connectivity index (χ4n) is 3.00. The Hall–Kier alpha value is -3.30. The van der Waals surface area contributed by atoms with Gasteiger partial charge in [0.15, 0.2) is 0 Å². The van der Waals surface area contributed by atoms with Gasteiger partial charge in [0, 0.05) is 31.7 Å². The molecule has 0 aliphatic carbocycles. The second-order valence-corrected chi connectivity index (χ2v) is 7.96. The first-order valence-corrected chi connectivity index (χ1v) is 9.81. The number of nitrogens with two attached hydrogens (primary N) is 1. The molecule has 0 fully saturated rings. The quantitative estimate of drug-likeness (QED) is 0.505. The van der Waals surface area contributed by atoms with E-state index < -0.39 is 23.6 Å². The molecule has 2 aromatic heterocycles. The van der Waals surface area contributed by atoms with Gasteiger partial charge in [-0.25, -0.2) is 14.6 Å². The molecule has 4 N–H and O–H groups in total. The van der Waals surface area contributed by atoms with Gasteiger partial charge in [-0.3, -0.25) is 10.1 Å². The lowest BCUT2D eigenvalue weighted by Crippen LogP contribution is -2.27. The van der Waals surface area contributed by atoms with Crippen LogP contribution in [0.1, 0.15) is 67.6 Å². The number of carboxylic acids is 1. The van der Waals surface area contributed by atoms with E-state index in [1.165, 1.54) is 12.3 Å². The van der Waals surface area contributed by atoms with Crippen molar-refractivity contribution in [2.24, 2.45) is 5.73 Å². The lowest BCUT2D eigenvalue weighted by Gasteiger charge is -2.19. The number of imidazole rings is 1. The molecule has 10 heteroatoms. The monoisotopic (exact) mass is 419 g/mol. The van der Waals surface area contributed by atoms with Crippen LogP contribution in [0.5, 0.6) is 0 Å². The summed E-state index contributed by atoms with van der Waals surface area (Å²) in [7, 11) is 0. The number of nitrogens with one attached hydrogen (secondary N) is 1. The number of ether oxygens (including phenoxy) is 1. The van der Waals surface area contributed by atoms with E-state index in [4.69, 9.17) is 15.6 Å². The van der Waals surface area contributed by atoms with Crippen molar-refractivity contribution in [2.45, 2.75) is 65.1 Å². The number of amides is 2. The number of hydrogen-bond donors (Lipinski definition) is 3. The molecular weight excluding hydrogens is 390 g/mol. The Balaban J connectivity index is 1.82. The molecule has 0 spiro atoms. The van der Waals surface area contributed by atoms with Crippen molar-refractivity contribution in [3.63, 3.8) is 0 Å². The number of carboxylic acid groups (broad SMARTS) is 1. The molecule has 0 bridgehead atoms. The van der Waals surface area contributed by atoms with Crippen LogP contribution in [0.4, 0.5) is 10.5 Å². The van der Waals surface area contributed by atoms with Crippen LogP contribution in [0.2, 0.25) is 0 Å². The van der Waals surface area contributed by atoms with E-state index in [0.29, 0.717) is 24.5 Å². The third-order valence-electron chi connectivity index (χ3n) is 4.25. The summed E-state index contributed by atoms with van der Waals surface area (Å²) in [5, 5.41) is 11.7. The number of nitrogens with zero attached hydrogens (tertiary/aromatic N) is 3. The number of carbonyl (C=O) groups excluding carboxylic acids is 2. The number of unbranched alkanes of at least 4 members (excludes halogenated alkanes) is 3. The van der Waals surface area contributed by atoms with E-state index >= 15 is 0 Å². The van der Waals surface area contributed by atoms with Gasteiger partial charge in [0.25, 0.3) is 5.91 Å². The average molecular weight is 419 g/mol. The van der Waals surface area contributed by atoms with E-state index in [1.54, 1.807) is 42.3 Å². The maximum Gasteiger partial charge on any atom is 0.412 e. The Morgan fingerprint density at radius 1 is 1.13 bits per heavy atom. The van der Waals surface area contributed by atoms with Crippen molar-refractivity contribution in [3.05, 3.63) is 36.2 Å². The SMILES string of the molecule is CC(C)(C)OC(=O)Nc1cc(C(N)=O)n(CCCCCCn2ccnc2C(=O)O)c1. The summed E-state index contributed by atoms with van der Waals surface area (Å²) in [6, 6.07) is 1.53. The van der Waals surface area contributed by atoms with Gasteiger partial charge < -0.3 is 24.7 Å². The predicted octanol–water partition coefficient (Wildman–Crippen LogP) is 3.09. The van der Waals surface area contributed by atoms with Crippen molar-refractivity contribution in [1.29, 1.82) is 0 Å². The zero-order chi connectivity index (χ0) is 22.3. The maximum atomic E-state index is 11.9. The third-order valence-corrected chi connectivity index (χ3v) is 4.25.